The number of nitro groups is 1. The fraction of sp³-hybridized carbons (Fsp3) is 0.417. The molecule has 0 spiro atoms. The largest absolute Gasteiger partial charge is 0.360 e. The van der Waals surface area contributed by atoms with Crippen molar-refractivity contribution in [3.8, 4) is 0 Å². The Bertz CT molecular complexity index is 653. The Kier molecular flexibility index (Phi) is 4.31. The van der Waals surface area contributed by atoms with Crippen molar-refractivity contribution in [3.63, 3.8) is 0 Å². The summed E-state index contributed by atoms with van der Waals surface area (Å²) in [5, 5.41) is 21.2. The quantitative estimate of drug-likeness (QED) is 0.612. The molecule has 2 rings (SSSR count). The van der Waals surface area contributed by atoms with Crippen molar-refractivity contribution in [2.24, 2.45) is 7.05 Å². The van der Waals surface area contributed by atoms with Crippen molar-refractivity contribution in [3.05, 3.63) is 33.8 Å². The van der Waals surface area contributed by atoms with E-state index in [1.54, 1.807) is 17.8 Å². The van der Waals surface area contributed by atoms with Gasteiger partial charge in [-0.25, -0.2) is 4.98 Å². The molecule has 0 fully saturated rings. The third-order valence-corrected chi connectivity index (χ3v) is 2.79. The van der Waals surface area contributed by atoms with Gasteiger partial charge in [-0.15, -0.1) is 0 Å². The smallest absolute Gasteiger partial charge is 0.332 e. The Hall–Kier alpha value is -2.71. The molecule has 112 valence electrons. The molecule has 0 atom stereocenters. The van der Waals surface area contributed by atoms with Crippen LogP contribution in [0.4, 0.5) is 17.5 Å². The number of anilines is 2. The Morgan fingerprint density at radius 2 is 2.14 bits per heavy atom. The summed E-state index contributed by atoms with van der Waals surface area (Å²) in [5.41, 5.74) is 1.12. The molecule has 2 N–H and O–H groups in total. The zero-order chi connectivity index (χ0) is 15.4. The highest BCUT2D eigenvalue weighted by Gasteiger charge is 2.21. The maximum Gasteiger partial charge on any atom is 0.332 e. The molecule has 0 aromatic carbocycles. The van der Waals surface area contributed by atoms with Crippen LogP contribution >= 0.6 is 0 Å². The molecule has 2 aromatic rings. The SMILES string of the molecule is CCNc1nc(C)c([N+](=O)[O-])c(NCc2cnn(C)c2)n1. The Labute approximate surface area is 121 Å². The lowest BCUT2D eigenvalue weighted by Gasteiger charge is -2.09. The molecule has 0 aliphatic rings. The van der Waals surface area contributed by atoms with Gasteiger partial charge in [0.15, 0.2) is 0 Å². The fourth-order valence-corrected chi connectivity index (χ4v) is 1.89. The van der Waals surface area contributed by atoms with Crippen molar-refractivity contribution >= 4 is 17.5 Å². The lowest BCUT2D eigenvalue weighted by molar-refractivity contribution is -0.385. The topological polar surface area (TPSA) is 111 Å². The van der Waals surface area contributed by atoms with Crippen molar-refractivity contribution < 1.29 is 4.92 Å². The molecule has 2 heterocycles. The van der Waals surface area contributed by atoms with Gasteiger partial charge in [0.05, 0.1) is 11.1 Å². The number of aromatic nitrogens is 4. The van der Waals surface area contributed by atoms with Gasteiger partial charge < -0.3 is 10.6 Å². The molecule has 2 aromatic heterocycles. The second kappa shape index (κ2) is 6.16. The van der Waals surface area contributed by atoms with Crippen molar-refractivity contribution in [1.82, 2.24) is 19.7 Å². The fourth-order valence-electron chi connectivity index (χ4n) is 1.89. The second-order valence-electron chi connectivity index (χ2n) is 4.49. The first-order valence-corrected chi connectivity index (χ1v) is 6.49. The Morgan fingerprint density at radius 3 is 2.71 bits per heavy atom. The van der Waals surface area contributed by atoms with Crippen LogP contribution in [0.1, 0.15) is 18.2 Å². The summed E-state index contributed by atoms with van der Waals surface area (Å²) in [5.74, 6) is 0.571. The normalized spacial score (nSPS) is 10.4. The average Bonchev–Trinajstić information content (AvgIpc) is 2.81. The van der Waals surface area contributed by atoms with Gasteiger partial charge in [-0.1, -0.05) is 0 Å². The van der Waals surface area contributed by atoms with E-state index in [-0.39, 0.29) is 11.5 Å². The van der Waals surface area contributed by atoms with Gasteiger partial charge in [-0.05, 0) is 13.8 Å². The average molecular weight is 291 g/mol. The molecule has 0 unspecified atom stereocenters. The van der Waals surface area contributed by atoms with E-state index in [1.807, 2.05) is 20.2 Å². The molecule has 9 nitrogen and oxygen atoms in total. The van der Waals surface area contributed by atoms with Gasteiger partial charge in [0, 0.05) is 31.9 Å². The van der Waals surface area contributed by atoms with Gasteiger partial charge in [0.1, 0.15) is 5.69 Å². The first-order valence-electron chi connectivity index (χ1n) is 6.49. The minimum Gasteiger partial charge on any atom is -0.360 e. The zero-order valence-corrected chi connectivity index (χ0v) is 12.1. The highest BCUT2D eigenvalue weighted by Crippen LogP contribution is 2.26. The van der Waals surface area contributed by atoms with Gasteiger partial charge >= 0.3 is 5.69 Å². The van der Waals surface area contributed by atoms with Crippen molar-refractivity contribution in [2.75, 3.05) is 17.2 Å². The number of hydrogen-bond acceptors (Lipinski definition) is 7. The van der Waals surface area contributed by atoms with Crippen LogP contribution < -0.4 is 10.6 Å². The van der Waals surface area contributed by atoms with Crippen LogP contribution in [-0.2, 0) is 13.6 Å². The molecule has 0 radical (unpaired) electrons. The number of aryl methyl sites for hydroxylation is 2. The molecule has 0 amide bonds. The third kappa shape index (κ3) is 3.44. The van der Waals surface area contributed by atoms with Crippen LogP contribution in [0, 0.1) is 17.0 Å². The second-order valence-corrected chi connectivity index (χ2v) is 4.49. The van der Waals surface area contributed by atoms with Crippen LogP contribution in [0.5, 0.6) is 0 Å². The summed E-state index contributed by atoms with van der Waals surface area (Å²) < 4.78 is 1.67. The molecule has 0 aliphatic carbocycles. The standard InChI is InChI=1S/C12H17N7O2/c1-4-13-12-16-8(2)10(19(20)21)11(17-12)14-5-9-6-15-18(3)7-9/h6-7H,4-5H2,1-3H3,(H2,13,14,16,17). The van der Waals surface area contributed by atoms with Crippen LogP contribution in [0.3, 0.4) is 0 Å². The van der Waals surface area contributed by atoms with Crippen LogP contribution in [-0.4, -0.2) is 31.2 Å². The predicted molar refractivity (Wildman–Crippen MR) is 78.1 cm³/mol. The van der Waals surface area contributed by atoms with E-state index < -0.39 is 4.92 Å². The summed E-state index contributed by atoms with van der Waals surface area (Å²) in [6, 6.07) is 0. The van der Waals surface area contributed by atoms with E-state index in [0.29, 0.717) is 24.7 Å². The molecule has 0 saturated heterocycles. The van der Waals surface area contributed by atoms with Crippen LogP contribution in [0.15, 0.2) is 12.4 Å². The van der Waals surface area contributed by atoms with E-state index in [9.17, 15) is 10.1 Å². The highest BCUT2D eigenvalue weighted by molar-refractivity contribution is 5.60. The van der Waals surface area contributed by atoms with Crippen molar-refractivity contribution in [1.29, 1.82) is 0 Å². The number of rotatable bonds is 6. The summed E-state index contributed by atoms with van der Waals surface area (Å²) in [7, 11) is 1.81. The van der Waals surface area contributed by atoms with E-state index in [2.05, 4.69) is 25.7 Å². The van der Waals surface area contributed by atoms with E-state index >= 15 is 0 Å². The minimum absolute atomic E-state index is 0.111. The summed E-state index contributed by atoms with van der Waals surface area (Å²) in [6.45, 7) is 4.54. The lowest BCUT2D eigenvalue weighted by Crippen LogP contribution is -2.11. The predicted octanol–water partition coefficient (Wildman–Crippen LogP) is 1.47. The molecule has 21 heavy (non-hydrogen) atoms. The molecular weight excluding hydrogens is 274 g/mol. The van der Waals surface area contributed by atoms with Crippen LogP contribution in [0.25, 0.3) is 0 Å². The molecule has 0 aliphatic heterocycles. The zero-order valence-electron chi connectivity index (χ0n) is 12.1. The first kappa shape index (κ1) is 14.7. The third-order valence-electron chi connectivity index (χ3n) is 2.79. The van der Waals surface area contributed by atoms with Gasteiger partial charge in [-0.3, -0.25) is 14.8 Å². The monoisotopic (exact) mass is 291 g/mol. The molecule has 0 bridgehead atoms. The first-order chi connectivity index (χ1) is 10.0. The number of nitrogens with one attached hydrogen (secondary N) is 2. The van der Waals surface area contributed by atoms with Crippen molar-refractivity contribution in [2.45, 2.75) is 20.4 Å². The molecular formula is C12H17N7O2. The summed E-state index contributed by atoms with van der Waals surface area (Å²) in [4.78, 5) is 18.9. The van der Waals surface area contributed by atoms with E-state index in [4.69, 9.17) is 0 Å². The lowest BCUT2D eigenvalue weighted by atomic mass is 10.3. The Balaban J connectivity index is 2.28. The number of hydrogen-bond donors (Lipinski definition) is 2. The van der Waals surface area contributed by atoms with Gasteiger partial charge in [0.2, 0.25) is 11.8 Å². The number of nitrogens with zero attached hydrogens (tertiary/aromatic N) is 5. The van der Waals surface area contributed by atoms with Gasteiger partial charge in [0.25, 0.3) is 0 Å². The summed E-state index contributed by atoms with van der Waals surface area (Å²) >= 11 is 0. The van der Waals surface area contributed by atoms with E-state index in [0.717, 1.165) is 5.56 Å². The summed E-state index contributed by atoms with van der Waals surface area (Å²) in [6.07, 6.45) is 3.52. The molecule has 9 heteroatoms. The van der Waals surface area contributed by atoms with Crippen LogP contribution in [0.2, 0.25) is 0 Å². The Morgan fingerprint density at radius 1 is 1.38 bits per heavy atom. The highest BCUT2D eigenvalue weighted by atomic mass is 16.6. The maximum atomic E-state index is 11.2. The molecule has 0 saturated carbocycles. The minimum atomic E-state index is -0.476. The maximum absolute atomic E-state index is 11.2. The van der Waals surface area contributed by atoms with Gasteiger partial charge in [-0.2, -0.15) is 10.1 Å². The van der Waals surface area contributed by atoms with E-state index in [1.165, 1.54) is 0 Å².